The van der Waals surface area contributed by atoms with Crippen LogP contribution in [0.1, 0.15) is 38.3 Å². The lowest BCUT2D eigenvalue weighted by molar-refractivity contribution is -0.145. The smallest absolute Gasteiger partial charge is 0.335 e. The standard InChI is InChI=1S/C22H22ClN3O6.C7H8/c1-24-18-7-6-16(23)10-17(18)22(32-13-27)8-9-26(12-22)19(28)11-25-20(29)14-2-4-15(5-3-14)21(30)31;1-7-5-3-2-4-6-7/h2-7,10,13,24H,8-9,11-12H2,1H3,(H,25,29)(H,30,31);2-6H,1H3. The predicted molar refractivity (Wildman–Crippen MR) is 148 cm³/mol. The maximum absolute atomic E-state index is 12.7. The molecule has 1 fully saturated rings. The number of nitrogens with one attached hydrogen (secondary N) is 2. The number of carboxylic acid groups (broad SMARTS) is 1. The second kappa shape index (κ2) is 13.4. The van der Waals surface area contributed by atoms with Gasteiger partial charge in [0.2, 0.25) is 5.91 Å². The van der Waals surface area contributed by atoms with Gasteiger partial charge in [-0.25, -0.2) is 4.79 Å². The molecule has 10 heteroatoms. The lowest BCUT2D eigenvalue weighted by atomic mass is 9.91. The molecule has 0 saturated carbocycles. The fraction of sp³-hybridized carbons (Fsp3) is 0.241. The summed E-state index contributed by atoms with van der Waals surface area (Å²) in [6, 6.07) is 20.8. The van der Waals surface area contributed by atoms with Gasteiger partial charge in [-0.2, -0.15) is 0 Å². The molecule has 1 aliphatic heterocycles. The van der Waals surface area contributed by atoms with Crippen molar-refractivity contribution in [3.8, 4) is 0 Å². The van der Waals surface area contributed by atoms with E-state index in [9.17, 15) is 19.2 Å². The number of nitrogens with zero attached hydrogens (tertiary/aromatic N) is 1. The highest BCUT2D eigenvalue weighted by atomic mass is 35.5. The molecule has 0 aliphatic carbocycles. The molecule has 2 amide bonds. The summed E-state index contributed by atoms with van der Waals surface area (Å²) < 4.78 is 5.47. The van der Waals surface area contributed by atoms with Gasteiger partial charge in [0.05, 0.1) is 18.7 Å². The second-order valence-electron chi connectivity index (χ2n) is 8.93. The van der Waals surface area contributed by atoms with Gasteiger partial charge in [0, 0.05) is 41.9 Å². The van der Waals surface area contributed by atoms with Gasteiger partial charge in [-0.1, -0.05) is 47.5 Å². The molecule has 39 heavy (non-hydrogen) atoms. The fourth-order valence-electron chi connectivity index (χ4n) is 4.25. The van der Waals surface area contributed by atoms with Crippen LogP contribution in [0.2, 0.25) is 5.02 Å². The van der Waals surface area contributed by atoms with Crippen LogP contribution in [0.5, 0.6) is 0 Å². The molecular formula is C29H30ClN3O6. The summed E-state index contributed by atoms with van der Waals surface area (Å²) in [6.45, 7) is 2.62. The number of aromatic carboxylic acids is 1. The highest BCUT2D eigenvalue weighted by Gasteiger charge is 2.44. The zero-order valence-electron chi connectivity index (χ0n) is 21.6. The van der Waals surface area contributed by atoms with E-state index in [1.807, 2.05) is 18.2 Å². The number of ether oxygens (including phenoxy) is 1. The van der Waals surface area contributed by atoms with E-state index >= 15 is 0 Å². The van der Waals surface area contributed by atoms with Crippen molar-refractivity contribution in [3.63, 3.8) is 0 Å². The Balaban J connectivity index is 0.000000520. The lowest BCUT2D eigenvalue weighted by Crippen LogP contribution is -2.41. The molecule has 9 nitrogen and oxygen atoms in total. The molecule has 204 valence electrons. The number of likely N-dealkylation sites (tertiary alicyclic amines) is 1. The van der Waals surface area contributed by atoms with Crippen LogP contribution in [0.25, 0.3) is 0 Å². The molecule has 0 radical (unpaired) electrons. The fourth-order valence-corrected chi connectivity index (χ4v) is 4.42. The summed E-state index contributed by atoms with van der Waals surface area (Å²) in [4.78, 5) is 48.7. The minimum Gasteiger partial charge on any atom is -0.478 e. The second-order valence-corrected chi connectivity index (χ2v) is 9.37. The number of carbonyl (C=O) groups excluding carboxylic acids is 3. The Morgan fingerprint density at radius 2 is 1.72 bits per heavy atom. The Hall–Kier alpha value is -4.37. The first-order valence-electron chi connectivity index (χ1n) is 12.2. The largest absolute Gasteiger partial charge is 0.478 e. The topological polar surface area (TPSA) is 125 Å². The lowest BCUT2D eigenvalue weighted by Gasteiger charge is -2.30. The Labute approximate surface area is 231 Å². The van der Waals surface area contributed by atoms with Crippen LogP contribution in [0.15, 0.2) is 72.8 Å². The molecule has 0 spiro atoms. The van der Waals surface area contributed by atoms with Crippen molar-refractivity contribution >= 4 is 41.5 Å². The SMILES string of the molecule is CNc1ccc(Cl)cc1C1(OC=O)CCN(C(=O)CNC(=O)c2ccc(C(=O)O)cc2)C1.Cc1ccccc1. The zero-order chi connectivity index (χ0) is 28.4. The number of carboxylic acids is 1. The van der Waals surface area contributed by atoms with Crippen molar-refractivity contribution in [2.24, 2.45) is 0 Å². The van der Waals surface area contributed by atoms with E-state index in [0.29, 0.717) is 30.0 Å². The first-order valence-corrected chi connectivity index (χ1v) is 12.6. The Bertz CT molecular complexity index is 1320. The molecule has 1 atom stereocenters. The number of anilines is 1. The number of hydrogen-bond acceptors (Lipinski definition) is 6. The summed E-state index contributed by atoms with van der Waals surface area (Å²) in [6.07, 6.45) is 0.372. The van der Waals surface area contributed by atoms with Crippen LogP contribution in [-0.2, 0) is 19.9 Å². The minimum absolute atomic E-state index is 0.0585. The van der Waals surface area contributed by atoms with Gasteiger partial charge < -0.3 is 25.4 Å². The third-order valence-corrected chi connectivity index (χ3v) is 6.57. The van der Waals surface area contributed by atoms with Crippen molar-refractivity contribution in [1.82, 2.24) is 10.2 Å². The van der Waals surface area contributed by atoms with Crippen LogP contribution < -0.4 is 10.6 Å². The van der Waals surface area contributed by atoms with E-state index in [1.54, 1.807) is 25.2 Å². The van der Waals surface area contributed by atoms with E-state index in [1.165, 1.54) is 34.7 Å². The van der Waals surface area contributed by atoms with Crippen molar-refractivity contribution in [3.05, 3.63) is 100 Å². The number of carbonyl (C=O) groups is 4. The Morgan fingerprint density at radius 1 is 1.05 bits per heavy atom. The van der Waals surface area contributed by atoms with Crippen LogP contribution in [0.3, 0.4) is 0 Å². The molecule has 0 bridgehead atoms. The van der Waals surface area contributed by atoms with Gasteiger partial charge in [0.1, 0.15) is 0 Å². The maximum atomic E-state index is 12.7. The van der Waals surface area contributed by atoms with Gasteiger partial charge in [0.15, 0.2) is 5.60 Å². The third-order valence-electron chi connectivity index (χ3n) is 6.33. The van der Waals surface area contributed by atoms with Crippen molar-refractivity contribution < 1.29 is 29.0 Å². The molecule has 3 aromatic rings. The average Bonchev–Trinajstić information content (AvgIpc) is 3.38. The first-order chi connectivity index (χ1) is 18.7. The van der Waals surface area contributed by atoms with Gasteiger partial charge >= 0.3 is 5.97 Å². The molecule has 3 N–H and O–H groups in total. The van der Waals surface area contributed by atoms with Crippen LogP contribution in [0.4, 0.5) is 5.69 Å². The summed E-state index contributed by atoms with van der Waals surface area (Å²) in [5, 5.41) is 15.0. The Kier molecular flexibility index (Phi) is 10.1. The summed E-state index contributed by atoms with van der Waals surface area (Å²) in [5.41, 5.74) is 1.95. The first kappa shape index (κ1) is 29.2. The van der Waals surface area contributed by atoms with E-state index in [2.05, 4.69) is 29.7 Å². The third kappa shape index (κ3) is 7.58. The maximum Gasteiger partial charge on any atom is 0.335 e. The quantitative estimate of drug-likeness (QED) is 0.360. The summed E-state index contributed by atoms with van der Waals surface area (Å²) >= 11 is 6.15. The Morgan fingerprint density at radius 3 is 2.28 bits per heavy atom. The molecule has 1 unspecified atom stereocenters. The molecular weight excluding hydrogens is 522 g/mol. The van der Waals surface area contributed by atoms with E-state index in [0.717, 1.165) is 5.69 Å². The molecule has 3 aromatic carbocycles. The highest BCUT2D eigenvalue weighted by molar-refractivity contribution is 6.30. The van der Waals surface area contributed by atoms with Gasteiger partial charge in [-0.3, -0.25) is 14.4 Å². The van der Waals surface area contributed by atoms with Crippen molar-refractivity contribution in [2.45, 2.75) is 18.9 Å². The molecule has 1 saturated heterocycles. The van der Waals surface area contributed by atoms with Crippen LogP contribution >= 0.6 is 11.6 Å². The number of amides is 2. The zero-order valence-corrected chi connectivity index (χ0v) is 22.4. The monoisotopic (exact) mass is 551 g/mol. The van der Waals surface area contributed by atoms with Crippen LogP contribution in [0, 0.1) is 6.92 Å². The highest BCUT2D eigenvalue weighted by Crippen LogP contribution is 2.40. The number of benzene rings is 3. The summed E-state index contributed by atoms with van der Waals surface area (Å²) in [7, 11) is 1.73. The number of hydrogen-bond donors (Lipinski definition) is 3. The molecule has 1 aliphatic rings. The molecule has 0 aromatic heterocycles. The average molecular weight is 552 g/mol. The number of rotatable bonds is 8. The van der Waals surface area contributed by atoms with E-state index < -0.39 is 17.5 Å². The van der Waals surface area contributed by atoms with Crippen molar-refractivity contribution in [1.29, 1.82) is 0 Å². The van der Waals surface area contributed by atoms with Gasteiger partial charge in [-0.05, 0) is 49.4 Å². The van der Waals surface area contributed by atoms with E-state index in [-0.39, 0.29) is 30.1 Å². The molecule has 4 rings (SSSR count). The predicted octanol–water partition coefficient (Wildman–Crippen LogP) is 4.11. The number of aryl methyl sites for hydroxylation is 1. The van der Waals surface area contributed by atoms with Crippen molar-refractivity contribution in [2.75, 3.05) is 32.0 Å². The summed E-state index contributed by atoms with van der Waals surface area (Å²) in [5.74, 6) is -1.94. The normalized spacial score (nSPS) is 15.9. The van der Waals surface area contributed by atoms with Gasteiger partial charge in [0.25, 0.3) is 12.4 Å². The van der Waals surface area contributed by atoms with E-state index in [4.69, 9.17) is 21.4 Å². The molecule has 1 heterocycles. The number of halogens is 1. The minimum atomic E-state index is -1.09. The van der Waals surface area contributed by atoms with Crippen LogP contribution in [-0.4, -0.2) is 60.9 Å². The van der Waals surface area contributed by atoms with Gasteiger partial charge in [-0.15, -0.1) is 0 Å².